The molecule has 1 radical (unpaired) electrons. The van der Waals surface area contributed by atoms with Crippen LogP contribution in [0.1, 0.15) is 6.92 Å². The zero-order valence-corrected chi connectivity index (χ0v) is 5.88. The van der Waals surface area contributed by atoms with Gasteiger partial charge in [0.1, 0.15) is 0 Å². The van der Waals surface area contributed by atoms with Gasteiger partial charge in [0.05, 0.1) is 5.03 Å². The van der Waals surface area contributed by atoms with Crippen LogP contribution in [-0.4, -0.2) is 11.7 Å². The molecule has 1 nitrogen and oxygen atoms in total. The van der Waals surface area contributed by atoms with Crippen LogP contribution in [0.3, 0.4) is 0 Å². The lowest BCUT2D eigenvalue weighted by Gasteiger charge is -1.83. The molecule has 0 aliphatic rings. The third-order valence-electron chi connectivity index (χ3n) is 0.531. The molecular weight excluding hydrogens is 147 g/mol. The van der Waals surface area contributed by atoms with Crippen LogP contribution < -0.4 is 0 Å². The summed E-state index contributed by atoms with van der Waals surface area (Å²) >= 11 is 10.5. The van der Waals surface area contributed by atoms with Crippen LogP contribution in [0.25, 0.3) is 0 Å². The Balaban J connectivity index is 3.80. The lowest BCUT2D eigenvalue weighted by atomic mass is 10.4. The van der Waals surface area contributed by atoms with Crippen molar-refractivity contribution in [3.05, 3.63) is 11.1 Å². The van der Waals surface area contributed by atoms with Gasteiger partial charge < -0.3 is 0 Å². The summed E-state index contributed by atoms with van der Waals surface area (Å²) in [4.78, 5) is 10.2. The lowest BCUT2D eigenvalue weighted by molar-refractivity contribution is -0.113. The molecule has 0 aromatic rings. The van der Waals surface area contributed by atoms with E-state index in [1.54, 1.807) is 0 Å². The first-order chi connectivity index (χ1) is 3.68. The fraction of sp³-hybridized carbons (Fsp3) is 0.400. The highest BCUT2D eigenvalue weighted by molar-refractivity contribution is 6.42. The molecule has 8 heavy (non-hydrogen) atoms. The molecule has 0 bridgehead atoms. The van der Waals surface area contributed by atoms with E-state index in [0.29, 0.717) is 0 Å². The molecule has 0 N–H and O–H groups in total. The maximum absolute atomic E-state index is 10.2. The second-order valence-electron chi connectivity index (χ2n) is 1.18. The fourth-order valence-electron chi connectivity index (χ4n) is 0.183. The summed E-state index contributed by atoms with van der Waals surface area (Å²) in [5.41, 5.74) is 0. The minimum Gasteiger partial charge on any atom is -0.294 e. The number of hydrogen-bond acceptors (Lipinski definition) is 1. The first-order valence-electron chi connectivity index (χ1n) is 2.01. The highest BCUT2D eigenvalue weighted by atomic mass is 35.5. The van der Waals surface area contributed by atoms with Gasteiger partial charge in [-0.25, -0.2) is 0 Å². The summed E-state index contributed by atoms with van der Waals surface area (Å²) in [6.45, 7) is 1.36. The quantitative estimate of drug-likeness (QED) is 0.435. The Morgan fingerprint density at radius 1 is 1.75 bits per heavy atom. The number of halogens is 2. The fourth-order valence-corrected chi connectivity index (χ4v) is 0.452. The Hall–Kier alpha value is -0.0100. The Morgan fingerprint density at radius 2 is 2.25 bits per heavy atom. The van der Waals surface area contributed by atoms with Gasteiger partial charge in [0.25, 0.3) is 0 Å². The second kappa shape index (κ2) is 3.93. The van der Waals surface area contributed by atoms with Gasteiger partial charge >= 0.3 is 0 Å². The van der Waals surface area contributed by atoms with E-state index in [1.807, 2.05) is 0 Å². The molecule has 45 valence electrons. The number of allylic oxidation sites excluding steroid dienone is 2. The van der Waals surface area contributed by atoms with Gasteiger partial charge in [-0.05, 0) is 6.08 Å². The van der Waals surface area contributed by atoms with Crippen molar-refractivity contribution in [1.82, 2.24) is 0 Å². The van der Waals surface area contributed by atoms with Crippen molar-refractivity contribution in [3.63, 3.8) is 0 Å². The third-order valence-corrected chi connectivity index (χ3v) is 1.06. The van der Waals surface area contributed by atoms with Crippen LogP contribution in [0.15, 0.2) is 5.03 Å². The zero-order chi connectivity index (χ0) is 6.57. The van der Waals surface area contributed by atoms with Gasteiger partial charge in [-0.15, -0.1) is 11.6 Å². The van der Waals surface area contributed by atoms with Crippen LogP contribution >= 0.6 is 23.2 Å². The third kappa shape index (κ3) is 3.05. The monoisotopic (exact) mass is 151 g/mol. The molecule has 0 saturated heterocycles. The van der Waals surface area contributed by atoms with Gasteiger partial charge in [0.15, 0.2) is 5.78 Å². The highest BCUT2D eigenvalue weighted by Gasteiger charge is 1.95. The van der Waals surface area contributed by atoms with Crippen molar-refractivity contribution in [2.75, 3.05) is 5.88 Å². The van der Waals surface area contributed by atoms with Crippen LogP contribution in [0, 0.1) is 6.08 Å². The summed E-state index contributed by atoms with van der Waals surface area (Å²) in [6, 6.07) is 0. The summed E-state index contributed by atoms with van der Waals surface area (Å²) in [6.07, 6.45) is 2.44. The minimum absolute atomic E-state index is 0.0833. The molecule has 0 aromatic carbocycles. The largest absolute Gasteiger partial charge is 0.294 e. The molecule has 3 heteroatoms. The van der Waals surface area contributed by atoms with Gasteiger partial charge in [-0.2, -0.15) is 0 Å². The number of carbonyl (C=O) groups is 1. The molecule has 0 atom stereocenters. The molecule has 0 aliphatic carbocycles. The van der Waals surface area contributed by atoms with Crippen molar-refractivity contribution >= 4 is 29.0 Å². The lowest BCUT2D eigenvalue weighted by Crippen LogP contribution is -1.88. The standard InChI is InChI=1S/C5H5Cl2O/c1-4(8)5(7)2-3-6/h3H2,1H3. The molecule has 0 amide bonds. The maximum Gasteiger partial charge on any atom is 0.171 e. The number of rotatable bonds is 2. The van der Waals surface area contributed by atoms with Crippen LogP contribution in [-0.2, 0) is 4.79 Å². The summed E-state index contributed by atoms with van der Waals surface area (Å²) < 4.78 is 0. The van der Waals surface area contributed by atoms with Gasteiger partial charge in [-0.3, -0.25) is 4.79 Å². The van der Waals surface area contributed by atoms with Crippen molar-refractivity contribution in [1.29, 1.82) is 0 Å². The molecule has 0 saturated carbocycles. The summed E-state index contributed by atoms with van der Waals surface area (Å²) in [5.74, 6) is -0.0365. The maximum atomic E-state index is 10.2. The first kappa shape index (κ1) is 7.99. The predicted octanol–water partition coefficient (Wildman–Crippen LogP) is 1.74. The SMILES string of the molecule is CC(=O)/C(Cl)=[C]/CCl. The molecular formula is C5H5Cl2O. The average molecular weight is 152 g/mol. The predicted molar refractivity (Wildman–Crippen MR) is 34.0 cm³/mol. The molecule has 0 rings (SSSR count). The van der Waals surface area contributed by atoms with Crippen LogP contribution in [0.4, 0.5) is 0 Å². The van der Waals surface area contributed by atoms with Crippen molar-refractivity contribution < 1.29 is 4.79 Å². The molecule has 0 unspecified atom stereocenters. The van der Waals surface area contributed by atoms with Crippen molar-refractivity contribution in [3.8, 4) is 0 Å². The number of hydrogen-bond donors (Lipinski definition) is 0. The second-order valence-corrected chi connectivity index (χ2v) is 1.83. The molecule has 0 spiro atoms. The molecule has 0 aliphatic heterocycles. The van der Waals surface area contributed by atoms with E-state index < -0.39 is 0 Å². The summed E-state index contributed by atoms with van der Waals surface area (Å²) in [7, 11) is 0. The number of Topliss-reactive ketones (excluding diaryl/α,β-unsaturated/α-hetero) is 1. The van der Waals surface area contributed by atoms with Crippen molar-refractivity contribution in [2.45, 2.75) is 6.92 Å². The minimum atomic E-state index is -0.202. The van der Waals surface area contributed by atoms with Crippen LogP contribution in [0.2, 0.25) is 0 Å². The topological polar surface area (TPSA) is 17.1 Å². The first-order valence-corrected chi connectivity index (χ1v) is 2.93. The average Bonchev–Trinajstić information content (AvgIpc) is 1.67. The van der Waals surface area contributed by atoms with E-state index in [-0.39, 0.29) is 16.7 Å². The molecule has 0 heterocycles. The van der Waals surface area contributed by atoms with E-state index in [4.69, 9.17) is 23.2 Å². The van der Waals surface area contributed by atoms with E-state index >= 15 is 0 Å². The Bertz CT molecular complexity index is 118. The zero-order valence-electron chi connectivity index (χ0n) is 4.37. The number of alkyl halides is 1. The van der Waals surface area contributed by atoms with E-state index in [0.717, 1.165) is 0 Å². The van der Waals surface area contributed by atoms with Gasteiger partial charge in [-0.1, -0.05) is 11.6 Å². The van der Waals surface area contributed by atoms with Crippen molar-refractivity contribution in [2.24, 2.45) is 0 Å². The van der Waals surface area contributed by atoms with Crippen LogP contribution in [0.5, 0.6) is 0 Å². The number of ketones is 1. The Morgan fingerprint density at radius 3 is 2.38 bits per heavy atom. The molecule has 0 fully saturated rings. The highest BCUT2D eigenvalue weighted by Crippen LogP contribution is 2.00. The smallest absolute Gasteiger partial charge is 0.171 e. The van der Waals surface area contributed by atoms with Gasteiger partial charge in [0.2, 0.25) is 0 Å². The van der Waals surface area contributed by atoms with E-state index in [2.05, 4.69) is 6.08 Å². The normalized spacial score (nSPS) is 11.6. The van der Waals surface area contributed by atoms with E-state index in [1.165, 1.54) is 6.92 Å². The summed E-state index contributed by atoms with van der Waals surface area (Å²) in [5, 5.41) is 0.0833. The Kier molecular flexibility index (Phi) is 3.92. The molecule has 0 aromatic heterocycles. The Labute approximate surface area is 58.3 Å². The van der Waals surface area contributed by atoms with E-state index in [9.17, 15) is 4.79 Å². The van der Waals surface area contributed by atoms with Gasteiger partial charge in [0, 0.05) is 12.8 Å². The number of carbonyl (C=O) groups excluding carboxylic acids is 1.